The van der Waals surface area contributed by atoms with Crippen LogP contribution in [0.5, 0.6) is 0 Å². The first-order chi connectivity index (χ1) is 12.6. The maximum atomic E-state index is 11.6. The number of ether oxygens (including phenoxy) is 1. The van der Waals surface area contributed by atoms with Crippen molar-refractivity contribution >= 4 is 23.0 Å². The molecular formula is C21H24N2O2S. The first-order valence-corrected chi connectivity index (χ1v) is 9.35. The van der Waals surface area contributed by atoms with Crippen molar-refractivity contribution in [3.63, 3.8) is 0 Å². The van der Waals surface area contributed by atoms with Gasteiger partial charge in [-0.05, 0) is 31.4 Å². The Labute approximate surface area is 159 Å². The number of hydrogen-bond acceptors (Lipinski definition) is 5. The molecule has 0 radical (unpaired) electrons. The number of nitrogens with zero attached hydrogens (tertiary/aromatic N) is 2. The van der Waals surface area contributed by atoms with Gasteiger partial charge in [-0.2, -0.15) is 0 Å². The zero-order valence-electron chi connectivity index (χ0n) is 15.6. The van der Waals surface area contributed by atoms with Gasteiger partial charge in [0.2, 0.25) is 0 Å². The summed E-state index contributed by atoms with van der Waals surface area (Å²) >= 11 is 1.29. The molecule has 0 aliphatic heterocycles. The maximum absolute atomic E-state index is 11.6. The average Bonchev–Trinajstić information content (AvgIpc) is 3.16. The lowest BCUT2D eigenvalue weighted by molar-refractivity contribution is 0.0606. The fraction of sp³-hybridized carbons (Fsp3) is 0.286. The molecule has 0 saturated heterocycles. The van der Waals surface area contributed by atoms with E-state index >= 15 is 0 Å². The molecule has 26 heavy (non-hydrogen) atoms. The number of carbonyl (C=O) groups excluding carboxylic acids is 1. The van der Waals surface area contributed by atoms with E-state index in [9.17, 15) is 4.79 Å². The van der Waals surface area contributed by atoms with Gasteiger partial charge >= 0.3 is 5.97 Å². The van der Waals surface area contributed by atoms with Gasteiger partial charge in [-0.15, -0.1) is 11.3 Å². The van der Waals surface area contributed by atoms with Gasteiger partial charge in [-0.1, -0.05) is 55.5 Å². The minimum atomic E-state index is -0.373. The Kier molecular flexibility index (Phi) is 7.48. The van der Waals surface area contributed by atoms with Crippen molar-refractivity contribution in [3.8, 4) is 0 Å². The summed E-state index contributed by atoms with van der Waals surface area (Å²) in [5.41, 5.74) is 3.06. The summed E-state index contributed by atoms with van der Waals surface area (Å²) in [6.07, 6.45) is 8.81. The Hall–Kier alpha value is -2.53. The fourth-order valence-corrected chi connectivity index (χ4v) is 3.19. The second kappa shape index (κ2) is 9.82. The lowest BCUT2D eigenvalue weighted by Crippen LogP contribution is -2.03. The number of carbonyl (C=O) groups is 1. The van der Waals surface area contributed by atoms with Crippen LogP contribution >= 0.6 is 11.3 Å². The second-order valence-corrected chi connectivity index (χ2v) is 6.83. The van der Waals surface area contributed by atoms with Gasteiger partial charge in [-0.25, -0.2) is 9.78 Å². The highest BCUT2D eigenvalue weighted by molar-refractivity contribution is 7.15. The van der Waals surface area contributed by atoms with Crippen molar-refractivity contribution in [1.29, 1.82) is 0 Å². The molecule has 1 aromatic carbocycles. The van der Waals surface area contributed by atoms with Crippen molar-refractivity contribution in [2.75, 3.05) is 7.11 Å². The summed E-state index contributed by atoms with van der Waals surface area (Å²) in [5.74, 6) is -0.373. The molecule has 0 aliphatic carbocycles. The van der Waals surface area contributed by atoms with Crippen molar-refractivity contribution in [3.05, 3.63) is 75.8 Å². The molecular weight excluding hydrogens is 344 g/mol. The Morgan fingerprint density at radius 2 is 2.04 bits per heavy atom. The molecule has 0 aliphatic rings. The van der Waals surface area contributed by atoms with E-state index in [-0.39, 0.29) is 12.0 Å². The summed E-state index contributed by atoms with van der Waals surface area (Å²) in [5, 5.41) is 0.725. The van der Waals surface area contributed by atoms with Crippen LogP contribution < -0.4 is 0 Å². The smallest absolute Gasteiger partial charge is 0.349 e. The normalized spacial score (nSPS) is 13.8. The molecule has 0 saturated carbocycles. The highest BCUT2D eigenvalue weighted by Crippen LogP contribution is 2.27. The van der Waals surface area contributed by atoms with E-state index in [0.717, 1.165) is 28.3 Å². The summed E-state index contributed by atoms with van der Waals surface area (Å²) in [6.45, 7) is 6.11. The van der Waals surface area contributed by atoms with Gasteiger partial charge in [0.05, 0.1) is 25.1 Å². The predicted molar refractivity (Wildman–Crippen MR) is 108 cm³/mol. The third-order valence-corrected chi connectivity index (χ3v) is 4.89. The molecule has 0 amide bonds. The second-order valence-electron chi connectivity index (χ2n) is 5.80. The number of hydrogen-bond donors (Lipinski definition) is 0. The Morgan fingerprint density at radius 1 is 1.31 bits per heavy atom. The van der Waals surface area contributed by atoms with Crippen molar-refractivity contribution in [2.45, 2.75) is 33.2 Å². The number of aliphatic imine (C=N–C) groups is 1. The van der Waals surface area contributed by atoms with Crippen LogP contribution in [0.2, 0.25) is 0 Å². The number of allylic oxidation sites excluding steroid dienone is 3. The van der Waals surface area contributed by atoms with E-state index in [2.05, 4.69) is 49.2 Å². The first-order valence-electron chi connectivity index (χ1n) is 8.54. The lowest BCUT2D eigenvalue weighted by atomic mass is 9.99. The van der Waals surface area contributed by atoms with Crippen LogP contribution in [0.3, 0.4) is 0 Å². The van der Waals surface area contributed by atoms with Gasteiger partial charge in [0.15, 0.2) is 0 Å². The fourth-order valence-electron chi connectivity index (χ4n) is 2.41. The standard InChI is InChI=1S/C21H24N2O2S/c1-5-6-8-11-15(2)19(17-12-9-7-10-13-17)23-16(3)20-22-14-18(26-20)21(24)25-4/h6-14,19H,5H2,1-4H3/b8-6-,15-11+,23-16?. The van der Waals surface area contributed by atoms with Crippen molar-refractivity contribution < 1.29 is 9.53 Å². The molecule has 1 heterocycles. The Balaban J connectivity index is 2.37. The minimum Gasteiger partial charge on any atom is -0.465 e. The molecule has 1 atom stereocenters. The third kappa shape index (κ3) is 5.23. The summed E-state index contributed by atoms with van der Waals surface area (Å²) < 4.78 is 4.75. The van der Waals surface area contributed by atoms with Crippen molar-refractivity contribution in [2.24, 2.45) is 4.99 Å². The van der Waals surface area contributed by atoms with Crippen molar-refractivity contribution in [1.82, 2.24) is 4.98 Å². The number of rotatable bonds is 7. The van der Waals surface area contributed by atoms with Crippen LogP contribution in [-0.4, -0.2) is 23.8 Å². The van der Waals surface area contributed by atoms with Crippen LogP contribution in [0.15, 0.2) is 65.3 Å². The van der Waals surface area contributed by atoms with Crippen LogP contribution in [0.1, 0.15) is 53.5 Å². The molecule has 0 N–H and O–H groups in total. The topological polar surface area (TPSA) is 51.5 Å². The van der Waals surface area contributed by atoms with Gasteiger partial charge in [0.25, 0.3) is 0 Å². The van der Waals surface area contributed by atoms with Gasteiger partial charge in [0, 0.05) is 0 Å². The summed E-state index contributed by atoms with van der Waals surface area (Å²) in [6, 6.07) is 10.1. The van der Waals surface area contributed by atoms with E-state index in [1.807, 2.05) is 25.1 Å². The molecule has 5 heteroatoms. The molecule has 136 valence electrons. The van der Waals surface area contributed by atoms with Crippen LogP contribution in [0.25, 0.3) is 0 Å². The minimum absolute atomic E-state index is 0.0943. The van der Waals surface area contributed by atoms with Gasteiger partial charge in [-0.3, -0.25) is 4.99 Å². The molecule has 0 spiro atoms. The largest absolute Gasteiger partial charge is 0.465 e. The molecule has 1 unspecified atom stereocenters. The molecule has 4 nitrogen and oxygen atoms in total. The number of methoxy groups -OCH3 is 1. The molecule has 2 rings (SSSR count). The molecule has 1 aromatic heterocycles. The molecule has 0 bridgehead atoms. The van der Waals surface area contributed by atoms with Crippen LogP contribution in [0.4, 0.5) is 0 Å². The van der Waals surface area contributed by atoms with Crippen LogP contribution in [-0.2, 0) is 4.74 Å². The monoisotopic (exact) mass is 368 g/mol. The van der Waals surface area contributed by atoms with E-state index < -0.39 is 0 Å². The van der Waals surface area contributed by atoms with E-state index in [1.165, 1.54) is 24.6 Å². The van der Waals surface area contributed by atoms with E-state index in [1.54, 1.807) is 0 Å². The number of benzene rings is 1. The summed E-state index contributed by atoms with van der Waals surface area (Å²) in [7, 11) is 1.37. The SMILES string of the molecule is CC/C=C\C=C(/C)C(N=C(C)c1ncc(C(=O)OC)s1)c1ccccc1. The molecule has 0 fully saturated rings. The predicted octanol–water partition coefficient (Wildman–Crippen LogP) is 5.39. The Bertz CT molecular complexity index is 820. The number of esters is 1. The van der Waals surface area contributed by atoms with Gasteiger partial charge < -0.3 is 4.74 Å². The summed E-state index contributed by atoms with van der Waals surface area (Å²) in [4.78, 5) is 21.3. The van der Waals surface area contributed by atoms with Crippen LogP contribution in [0, 0.1) is 0 Å². The molecule has 2 aromatic rings. The lowest BCUT2D eigenvalue weighted by Gasteiger charge is -2.15. The average molecular weight is 369 g/mol. The highest BCUT2D eigenvalue weighted by atomic mass is 32.1. The quantitative estimate of drug-likeness (QED) is 0.374. The first kappa shape index (κ1) is 19.8. The van der Waals surface area contributed by atoms with Gasteiger partial charge in [0.1, 0.15) is 9.88 Å². The zero-order valence-corrected chi connectivity index (χ0v) is 16.4. The third-order valence-electron chi connectivity index (χ3n) is 3.80. The number of thiazole rings is 1. The highest BCUT2D eigenvalue weighted by Gasteiger charge is 2.16. The van der Waals surface area contributed by atoms with E-state index in [0.29, 0.717) is 4.88 Å². The zero-order chi connectivity index (χ0) is 18.9. The van der Waals surface area contributed by atoms with E-state index in [4.69, 9.17) is 9.73 Å². The number of aromatic nitrogens is 1. The Morgan fingerprint density at radius 3 is 2.69 bits per heavy atom. The maximum Gasteiger partial charge on any atom is 0.349 e.